The molecule has 0 aliphatic carbocycles. The van der Waals surface area contributed by atoms with Gasteiger partial charge in [-0.15, -0.1) is 0 Å². The lowest BCUT2D eigenvalue weighted by Gasteiger charge is -2.09. The monoisotopic (exact) mass is 544 g/mol. The molecular formula is C32H20N10. The zero-order valence-corrected chi connectivity index (χ0v) is 22.0. The first-order valence-corrected chi connectivity index (χ1v) is 13.0. The van der Waals surface area contributed by atoms with Gasteiger partial charge >= 0.3 is 0 Å². The molecule has 0 amide bonds. The number of rotatable bonds is 6. The van der Waals surface area contributed by atoms with Gasteiger partial charge in [0.2, 0.25) is 0 Å². The largest absolute Gasteiger partial charge is 0.264 e. The Kier molecular flexibility index (Phi) is 6.59. The van der Waals surface area contributed by atoms with Crippen LogP contribution < -0.4 is 0 Å². The van der Waals surface area contributed by atoms with Crippen molar-refractivity contribution < 1.29 is 0 Å². The molecule has 0 fully saturated rings. The highest BCUT2D eigenvalue weighted by molar-refractivity contribution is 5.70. The molecule has 10 nitrogen and oxygen atoms in total. The smallest absolute Gasteiger partial charge is 0.165 e. The zero-order valence-electron chi connectivity index (χ0n) is 22.0. The van der Waals surface area contributed by atoms with Crippen molar-refractivity contribution in [3.63, 3.8) is 0 Å². The van der Waals surface area contributed by atoms with Gasteiger partial charge in [-0.05, 0) is 48.5 Å². The highest BCUT2D eigenvalue weighted by Crippen LogP contribution is 2.27. The lowest BCUT2D eigenvalue weighted by molar-refractivity contribution is 1.06. The second kappa shape index (κ2) is 11.1. The minimum absolute atomic E-state index is 0.524. The van der Waals surface area contributed by atoms with E-state index < -0.39 is 0 Å². The molecule has 0 N–H and O–H groups in total. The van der Waals surface area contributed by atoms with Crippen molar-refractivity contribution in [2.45, 2.75) is 0 Å². The Hall–Kier alpha value is -6.16. The van der Waals surface area contributed by atoms with Gasteiger partial charge in [0.1, 0.15) is 0 Å². The van der Waals surface area contributed by atoms with E-state index in [9.17, 15) is 0 Å². The lowest BCUT2D eigenvalue weighted by atomic mass is 10.1. The van der Waals surface area contributed by atoms with Gasteiger partial charge in [-0.1, -0.05) is 24.3 Å². The van der Waals surface area contributed by atoms with Crippen molar-refractivity contribution in [1.29, 1.82) is 0 Å². The molecule has 0 unspecified atom stereocenters. The Morgan fingerprint density at radius 1 is 0.262 bits per heavy atom. The summed E-state index contributed by atoms with van der Waals surface area (Å²) in [5, 5.41) is 0. The summed E-state index contributed by atoms with van der Waals surface area (Å²) in [7, 11) is 0. The van der Waals surface area contributed by atoms with Crippen molar-refractivity contribution in [3.8, 4) is 68.3 Å². The van der Waals surface area contributed by atoms with Crippen LogP contribution in [0.25, 0.3) is 68.3 Å². The van der Waals surface area contributed by atoms with E-state index in [1.54, 1.807) is 49.6 Å². The van der Waals surface area contributed by atoms with Crippen LogP contribution in [0.15, 0.2) is 122 Å². The van der Waals surface area contributed by atoms with E-state index in [1.165, 1.54) is 0 Å². The number of nitrogens with zero attached hydrogens (tertiary/aromatic N) is 10. The van der Waals surface area contributed by atoms with Crippen LogP contribution in [0.5, 0.6) is 0 Å². The predicted octanol–water partition coefficient (Wildman–Crippen LogP) is 5.64. The summed E-state index contributed by atoms with van der Waals surface area (Å²) in [6.07, 6.45) is 13.8. The van der Waals surface area contributed by atoms with Gasteiger partial charge in [-0.25, -0.2) is 29.9 Å². The summed E-state index contributed by atoms with van der Waals surface area (Å²) in [5.41, 5.74) is 4.78. The molecule has 0 saturated heterocycles. The van der Waals surface area contributed by atoms with E-state index in [4.69, 9.17) is 29.9 Å². The second-order valence-electron chi connectivity index (χ2n) is 9.16. The van der Waals surface area contributed by atoms with Crippen LogP contribution in [0.3, 0.4) is 0 Å². The van der Waals surface area contributed by atoms with E-state index in [-0.39, 0.29) is 0 Å². The molecule has 0 aliphatic rings. The quantitative estimate of drug-likeness (QED) is 0.259. The van der Waals surface area contributed by atoms with Crippen LogP contribution in [0.4, 0.5) is 0 Å². The average Bonchev–Trinajstić information content (AvgIpc) is 3.09. The summed E-state index contributed by atoms with van der Waals surface area (Å²) in [4.78, 5) is 45.4. The number of benzene rings is 1. The summed E-state index contributed by atoms with van der Waals surface area (Å²) >= 11 is 0. The highest BCUT2D eigenvalue weighted by Gasteiger charge is 2.15. The fourth-order valence-electron chi connectivity index (χ4n) is 4.27. The van der Waals surface area contributed by atoms with Gasteiger partial charge in [0, 0.05) is 83.0 Å². The Labute approximate surface area is 240 Å². The van der Waals surface area contributed by atoms with Crippen molar-refractivity contribution in [1.82, 2.24) is 49.8 Å². The first kappa shape index (κ1) is 24.9. The third-order valence-electron chi connectivity index (χ3n) is 6.35. The van der Waals surface area contributed by atoms with E-state index in [1.807, 2.05) is 72.8 Å². The summed E-state index contributed by atoms with van der Waals surface area (Å²) < 4.78 is 0. The van der Waals surface area contributed by atoms with E-state index in [0.717, 1.165) is 33.4 Å². The first-order valence-electron chi connectivity index (χ1n) is 13.0. The van der Waals surface area contributed by atoms with Gasteiger partial charge in [-0.2, -0.15) is 0 Å². The van der Waals surface area contributed by atoms with Crippen molar-refractivity contribution in [3.05, 3.63) is 122 Å². The summed E-state index contributed by atoms with van der Waals surface area (Å²) in [6, 6.07) is 22.9. The third-order valence-corrected chi connectivity index (χ3v) is 6.35. The fraction of sp³-hybridized carbons (Fsp3) is 0. The molecule has 0 radical (unpaired) electrons. The number of aromatic nitrogens is 10. The Morgan fingerprint density at radius 3 is 0.714 bits per heavy atom. The Bertz CT molecular complexity index is 1690. The van der Waals surface area contributed by atoms with E-state index in [2.05, 4.69) is 19.9 Å². The third kappa shape index (κ3) is 5.19. The Morgan fingerprint density at radius 2 is 0.500 bits per heavy atom. The topological polar surface area (TPSA) is 129 Å². The molecule has 10 heteroatoms. The Balaban J connectivity index is 1.31. The van der Waals surface area contributed by atoms with Gasteiger partial charge in [-0.3, -0.25) is 19.9 Å². The normalized spacial score (nSPS) is 10.9. The van der Waals surface area contributed by atoms with Crippen molar-refractivity contribution in [2.24, 2.45) is 0 Å². The maximum absolute atomic E-state index is 4.77. The van der Waals surface area contributed by atoms with Crippen LogP contribution in [0.2, 0.25) is 0 Å². The molecule has 0 spiro atoms. The van der Waals surface area contributed by atoms with Gasteiger partial charge in [0.05, 0.1) is 0 Å². The minimum atomic E-state index is 0.524. The number of hydrogen-bond acceptors (Lipinski definition) is 10. The SMILES string of the molecule is c1cncc(-c2nc(-c3ccc(-c4nc(-c5cccnc5)nc(-c5cccnc5)n4)cc3)nc(-c3cccnc3)n2)c1. The zero-order chi connectivity index (χ0) is 28.1. The first-order chi connectivity index (χ1) is 20.8. The molecule has 6 heterocycles. The molecule has 6 aromatic heterocycles. The molecule has 0 bridgehead atoms. The van der Waals surface area contributed by atoms with Crippen LogP contribution in [0, 0.1) is 0 Å². The second-order valence-corrected chi connectivity index (χ2v) is 9.16. The predicted molar refractivity (Wildman–Crippen MR) is 157 cm³/mol. The van der Waals surface area contributed by atoms with Crippen molar-refractivity contribution in [2.75, 3.05) is 0 Å². The molecule has 198 valence electrons. The van der Waals surface area contributed by atoms with Crippen LogP contribution in [-0.2, 0) is 0 Å². The highest BCUT2D eigenvalue weighted by atomic mass is 15.0. The molecule has 7 aromatic rings. The molecule has 0 saturated carbocycles. The van der Waals surface area contributed by atoms with Crippen LogP contribution in [-0.4, -0.2) is 49.8 Å². The molecule has 0 aliphatic heterocycles. The van der Waals surface area contributed by atoms with Gasteiger partial charge in [0.15, 0.2) is 34.9 Å². The van der Waals surface area contributed by atoms with Gasteiger partial charge in [0.25, 0.3) is 0 Å². The van der Waals surface area contributed by atoms with Crippen molar-refractivity contribution >= 4 is 0 Å². The number of pyridine rings is 4. The van der Waals surface area contributed by atoms with Crippen LogP contribution >= 0.6 is 0 Å². The number of hydrogen-bond donors (Lipinski definition) is 0. The van der Waals surface area contributed by atoms with Crippen LogP contribution in [0.1, 0.15) is 0 Å². The standard InChI is InChI=1S/C32H20N10/c1-5-23(17-33-13-1)29-37-27(38-30(41-29)24-6-2-14-34-18-24)21-9-11-22(12-10-21)28-39-31(25-7-3-15-35-19-25)42-32(40-28)26-8-4-16-36-20-26/h1-20H. The fourth-order valence-corrected chi connectivity index (χ4v) is 4.27. The minimum Gasteiger partial charge on any atom is -0.264 e. The van der Waals surface area contributed by atoms with E-state index in [0.29, 0.717) is 34.9 Å². The summed E-state index contributed by atoms with van der Waals surface area (Å²) in [5.74, 6) is 3.15. The summed E-state index contributed by atoms with van der Waals surface area (Å²) in [6.45, 7) is 0. The maximum Gasteiger partial charge on any atom is 0.165 e. The maximum atomic E-state index is 4.77. The van der Waals surface area contributed by atoms with Gasteiger partial charge < -0.3 is 0 Å². The molecule has 0 atom stereocenters. The molecule has 7 rings (SSSR count). The molecule has 1 aromatic carbocycles. The van der Waals surface area contributed by atoms with E-state index >= 15 is 0 Å². The lowest BCUT2D eigenvalue weighted by Crippen LogP contribution is -2.01. The average molecular weight is 545 g/mol. The molecular weight excluding hydrogens is 524 g/mol. The molecule has 42 heavy (non-hydrogen) atoms.